The van der Waals surface area contributed by atoms with Crippen LogP contribution in [-0.4, -0.2) is 53.3 Å². The Balaban J connectivity index is 1.75. The van der Waals surface area contributed by atoms with Gasteiger partial charge in [0.25, 0.3) is 5.91 Å². The van der Waals surface area contributed by atoms with Crippen molar-refractivity contribution in [2.24, 2.45) is 0 Å². The minimum Gasteiger partial charge on any atom is -0.369 e. The molecule has 2 aromatic rings. The Morgan fingerprint density at radius 2 is 1.80 bits per heavy atom. The molecule has 0 atom stereocenters. The molecule has 1 amide bonds. The molecule has 0 saturated carbocycles. The number of amides is 1. The quantitative estimate of drug-likeness (QED) is 0.789. The third-order valence-electron chi connectivity index (χ3n) is 5.84. The predicted octanol–water partition coefficient (Wildman–Crippen LogP) is 4.46. The number of carbonyl (C=O) groups is 1. The molecule has 30 heavy (non-hydrogen) atoms. The van der Waals surface area contributed by atoms with Crippen LogP contribution in [0.15, 0.2) is 24.3 Å². The zero-order valence-corrected chi connectivity index (χ0v) is 19.6. The molecular weight excluding hydrogens is 374 g/mol. The second kappa shape index (κ2) is 8.80. The van der Waals surface area contributed by atoms with Crippen molar-refractivity contribution < 1.29 is 4.79 Å². The highest BCUT2D eigenvalue weighted by molar-refractivity contribution is 6.03. The first kappa shape index (κ1) is 22.3. The van der Waals surface area contributed by atoms with Crippen molar-refractivity contribution in [1.29, 1.82) is 0 Å². The molecule has 2 heterocycles. The maximum Gasteiger partial charge on any atom is 0.276 e. The fourth-order valence-corrected chi connectivity index (χ4v) is 3.95. The first-order valence-corrected chi connectivity index (χ1v) is 11.1. The summed E-state index contributed by atoms with van der Waals surface area (Å²) >= 11 is 0. The highest BCUT2D eigenvalue weighted by Crippen LogP contribution is 2.26. The summed E-state index contributed by atoms with van der Waals surface area (Å²) in [5.41, 5.74) is 4.50. The van der Waals surface area contributed by atoms with Gasteiger partial charge in [0.1, 0.15) is 0 Å². The van der Waals surface area contributed by atoms with E-state index in [-0.39, 0.29) is 11.4 Å². The molecule has 1 saturated heterocycles. The molecule has 0 radical (unpaired) electrons. The summed E-state index contributed by atoms with van der Waals surface area (Å²) in [5.74, 6) is 0.139. The zero-order valence-electron chi connectivity index (χ0n) is 19.6. The van der Waals surface area contributed by atoms with Crippen molar-refractivity contribution in [3.8, 4) is 0 Å². The van der Waals surface area contributed by atoms with E-state index < -0.39 is 0 Å². The van der Waals surface area contributed by atoms with Crippen molar-refractivity contribution in [2.45, 2.75) is 59.9 Å². The lowest BCUT2D eigenvalue weighted by Gasteiger charge is -2.35. The van der Waals surface area contributed by atoms with E-state index in [9.17, 15) is 4.79 Å². The van der Waals surface area contributed by atoms with Gasteiger partial charge < -0.3 is 15.1 Å². The molecule has 1 aliphatic rings. The largest absolute Gasteiger partial charge is 0.369 e. The van der Waals surface area contributed by atoms with Crippen LogP contribution in [0.1, 0.15) is 69.2 Å². The van der Waals surface area contributed by atoms with Crippen LogP contribution in [0.25, 0.3) is 0 Å². The maximum atomic E-state index is 12.9. The van der Waals surface area contributed by atoms with E-state index >= 15 is 0 Å². The average molecular weight is 412 g/mol. The van der Waals surface area contributed by atoms with Crippen molar-refractivity contribution in [1.82, 2.24) is 14.7 Å². The molecule has 1 fully saturated rings. The maximum absolute atomic E-state index is 12.9. The van der Waals surface area contributed by atoms with Crippen molar-refractivity contribution in [2.75, 3.05) is 42.9 Å². The molecular formula is C24H37N5O. The average Bonchev–Trinajstić information content (AvgIpc) is 3.16. The number of piperazine rings is 1. The summed E-state index contributed by atoms with van der Waals surface area (Å²) in [6.45, 7) is 20.2. The number of hydrogen-bond donors (Lipinski definition) is 1. The van der Waals surface area contributed by atoms with E-state index in [1.54, 1.807) is 0 Å². The van der Waals surface area contributed by atoms with Gasteiger partial charge in [0.15, 0.2) is 5.69 Å². The van der Waals surface area contributed by atoms with Gasteiger partial charge in [-0.3, -0.25) is 9.48 Å². The van der Waals surface area contributed by atoms with Crippen LogP contribution in [-0.2, 0) is 5.54 Å². The van der Waals surface area contributed by atoms with Crippen molar-refractivity contribution in [3.05, 3.63) is 41.2 Å². The molecule has 1 aromatic carbocycles. The van der Waals surface area contributed by atoms with Crippen LogP contribution >= 0.6 is 0 Å². The van der Waals surface area contributed by atoms with Crippen LogP contribution in [0.4, 0.5) is 11.4 Å². The number of hydrogen-bond acceptors (Lipinski definition) is 4. The molecule has 3 rings (SSSR count). The standard InChI is InChI=1S/C24H37N5O/c1-8-27-11-13-28(14-12-27)19-9-10-20(18(4)15-19)25-23(30)21-16-22(17(2)3)29(26-21)24(5,6)7/h9-10,15-17H,8,11-14H2,1-7H3,(H,25,30). The minimum atomic E-state index is -0.169. The minimum absolute atomic E-state index is 0.160. The summed E-state index contributed by atoms with van der Waals surface area (Å²) in [6, 6.07) is 8.21. The van der Waals surface area contributed by atoms with E-state index in [2.05, 4.69) is 80.8 Å². The van der Waals surface area contributed by atoms with Gasteiger partial charge >= 0.3 is 0 Å². The van der Waals surface area contributed by atoms with Gasteiger partial charge in [0.2, 0.25) is 0 Å². The third-order valence-corrected chi connectivity index (χ3v) is 5.84. The number of nitrogens with zero attached hydrogens (tertiary/aromatic N) is 4. The Kier molecular flexibility index (Phi) is 6.56. The number of aromatic nitrogens is 2. The molecule has 1 aliphatic heterocycles. The van der Waals surface area contributed by atoms with E-state index in [0.717, 1.165) is 49.7 Å². The van der Waals surface area contributed by atoms with Crippen molar-refractivity contribution in [3.63, 3.8) is 0 Å². The van der Waals surface area contributed by atoms with Gasteiger partial charge in [0, 0.05) is 43.2 Å². The number of nitrogens with one attached hydrogen (secondary N) is 1. The van der Waals surface area contributed by atoms with Crippen LogP contribution in [0.3, 0.4) is 0 Å². The third kappa shape index (κ3) is 4.86. The van der Waals surface area contributed by atoms with Gasteiger partial charge in [-0.25, -0.2) is 0 Å². The lowest BCUT2D eigenvalue weighted by atomic mass is 10.1. The normalized spacial score (nSPS) is 15.7. The Bertz CT molecular complexity index is 885. The second-order valence-corrected chi connectivity index (χ2v) is 9.57. The Labute approximate surface area is 181 Å². The first-order chi connectivity index (χ1) is 14.1. The van der Waals surface area contributed by atoms with Crippen LogP contribution in [0.5, 0.6) is 0 Å². The molecule has 6 nitrogen and oxygen atoms in total. The summed E-state index contributed by atoms with van der Waals surface area (Å²) in [5, 5.41) is 7.69. The fourth-order valence-electron chi connectivity index (χ4n) is 3.95. The number of benzene rings is 1. The molecule has 0 spiro atoms. The van der Waals surface area contributed by atoms with Crippen LogP contribution in [0, 0.1) is 6.92 Å². The molecule has 0 aliphatic carbocycles. The summed E-state index contributed by atoms with van der Waals surface area (Å²) in [4.78, 5) is 17.8. The van der Waals surface area contributed by atoms with E-state index in [1.165, 1.54) is 5.69 Å². The Hall–Kier alpha value is -2.34. The molecule has 6 heteroatoms. The van der Waals surface area contributed by atoms with Gasteiger partial charge in [-0.05, 0) is 70.0 Å². The van der Waals surface area contributed by atoms with Crippen LogP contribution < -0.4 is 10.2 Å². The topological polar surface area (TPSA) is 53.4 Å². The van der Waals surface area contributed by atoms with E-state index in [4.69, 9.17) is 0 Å². The fraction of sp³-hybridized carbons (Fsp3) is 0.583. The number of anilines is 2. The van der Waals surface area contributed by atoms with E-state index in [1.807, 2.05) is 16.8 Å². The summed E-state index contributed by atoms with van der Waals surface area (Å²) < 4.78 is 1.97. The number of aryl methyl sites for hydroxylation is 1. The Morgan fingerprint density at radius 1 is 1.13 bits per heavy atom. The highest BCUT2D eigenvalue weighted by atomic mass is 16.2. The molecule has 0 unspecified atom stereocenters. The summed E-state index contributed by atoms with van der Waals surface area (Å²) in [6.07, 6.45) is 0. The number of rotatable bonds is 5. The van der Waals surface area contributed by atoms with Gasteiger partial charge in [-0.15, -0.1) is 0 Å². The predicted molar refractivity (Wildman–Crippen MR) is 125 cm³/mol. The first-order valence-electron chi connectivity index (χ1n) is 11.1. The number of carbonyl (C=O) groups excluding carboxylic acids is 1. The van der Waals surface area contributed by atoms with Gasteiger partial charge in [0.05, 0.1) is 5.54 Å². The molecule has 1 N–H and O–H groups in total. The molecule has 1 aromatic heterocycles. The van der Waals surface area contributed by atoms with Crippen molar-refractivity contribution >= 4 is 17.3 Å². The monoisotopic (exact) mass is 411 g/mol. The van der Waals surface area contributed by atoms with Gasteiger partial charge in [-0.2, -0.15) is 5.10 Å². The smallest absolute Gasteiger partial charge is 0.276 e. The van der Waals surface area contributed by atoms with Crippen LogP contribution in [0.2, 0.25) is 0 Å². The highest BCUT2D eigenvalue weighted by Gasteiger charge is 2.24. The molecule has 0 bridgehead atoms. The zero-order chi connectivity index (χ0) is 22.1. The summed E-state index contributed by atoms with van der Waals surface area (Å²) in [7, 11) is 0. The van der Waals surface area contributed by atoms with E-state index in [0.29, 0.717) is 11.6 Å². The lowest BCUT2D eigenvalue weighted by molar-refractivity contribution is 0.102. The van der Waals surface area contributed by atoms with Gasteiger partial charge in [-0.1, -0.05) is 20.8 Å². The number of likely N-dealkylation sites (N-methyl/N-ethyl adjacent to an activating group) is 1. The second-order valence-electron chi connectivity index (χ2n) is 9.57. The Morgan fingerprint density at radius 3 is 2.30 bits per heavy atom. The SMILES string of the molecule is CCN1CCN(c2ccc(NC(=O)c3cc(C(C)C)n(C(C)(C)C)n3)c(C)c2)CC1. The lowest BCUT2D eigenvalue weighted by Crippen LogP contribution is -2.46. The molecule has 164 valence electrons.